The third-order valence-electron chi connectivity index (χ3n) is 5.33. The minimum atomic E-state index is -4.29. The average Bonchev–Trinajstić information content (AvgIpc) is 2.57. The molecule has 1 aromatic heterocycles. The van der Waals surface area contributed by atoms with Crippen molar-refractivity contribution in [2.45, 2.75) is 69.7 Å². The van der Waals surface area contributed by atoms with E-state index in [1.807, 2.05) is 0 Å². The second-order valence-electron chi connectivity index (χ2n) is 7.46. The summed E-state index contributed by atoms with van der Waals surface area (Å²) in [5.74, 6) is 0.444. The second kappa shape index (κ2) is 8.41. The van der Waals surface area contributed by atoms with Crippen LogP contribution in [0, 0.1) is 5.92 Å². The summed E-state index contributed by atoms with van der Waals surface area (Å²) in [5.41, 5.74) is 6.46. The SMILES string of the molecule is NC(=O)c1cnc(NC2CCC(OCC(F)(F)F)CC2)nc1CC1CCC1. The molecule has 1 aromatic rings. The molecule has 3 N–H and O–H groups in total. The molecule has 0 spiro atoms. The molecule has 2 saturated carbocycles. The molecule has 0 radical (unpaired) electrons. The predicted molar refractivity (Wildman–Crippen MR) is 93.3 cm³/mol. The predicted octanol–water partition coefficient (Wildman–Crippen LogP) is 3.22. The number of alkyl halides is 3. The van der Waals surface area contributed by atoms with Crippen molar-refractivity contribution in [3.05, 3.63) is 17.5 Å². The lowest BCUT2D eigenvalue weighted by Gasteiger charge is -2.29. The van der Waals surface area contributed by atoms with E-state index in [0.717, 1.165) is 12.8 Å². The van der Waals surface area contributed by atoms with Gasteiger partial charge in [-0.25, -0.2) is 9.97 Å². The number of halogens is 3. The van der Waals surface area contributed by atoms with Crippen LogP contribution in [0.4, 0.5) is 19.1 Å². The van der Waals surface area contributed by atoms with Crippen LogP contribution in [0.3, 0.4) is 0 Å². The molecule has 0 aromatic carbocycles. The van der Waals surface area contributed by atoms with E-state index in [1.165, 1.54) is 12.6 Å². The molecular weight excluding hydrogens is 361 g/mol. The summed E-state index contributed by atoms with van der Waals surface area (Å²) >= 11 is 0. The summed E-state index contributed by atoms with van der Waals surface area (Å²) in [7, 11) is 0. The van der Waals surface area contributed by atoms with Gasteiger partial charge in [-0.05, 0) is 38.0 Å². The molecule has 150 valence electrons. The number of nitrogens with two attached hydrogens (primary N) is 1. The molecule has 0 unspecified atom stereocenters. The average molecular weight is 386 g/mol. The number of ether oxygens (including phenoxy) is 1. The molecule has 2 aliphatic rings. The third kappa shape index (κ3) is 5.79. The van der Waals surface area contributed by atoms with Gasteiger partial charge in [0.25, 0.3) is 5.91 Å². The summed E-state index contributed by atoms with van der Waals surface area (Å²) in [5, 5.41) is 3.24. The van der Waals surface area contributed by atoms with Crippen LogP contribution in [0.15, 0.2) is 6.20 Å². The first-order valence-corrected chi connectivity index (χ1v) is 9.41. The fourth-order valence-electron chi connectivity index (χ4n) is 3.59. The van der Waals surface area contributed by atoms with Crippen molar-refractivity contribution >= 4 is 11.9 Å². The minimum Gasteiger partial charge on any atom is -0.369 e. The normalized spacial score (nSPS) is 23.7. The van der Waals surface area contributed by atoms with Gasteiger partial charge >= 0.3 is 6.18 Å². The van der Waals surface area contributed by atoms with Gasteiger partial charge in [0.05, 0.1) is 17.4 Å². The zero-order chi connectivity index (χ0) is 19.4. The first-order valence-electron chi connectivity index (χ1n) is 9.41. The van der Waals surface area contributed by atoms with Crippen molar-refractivity contribution in [1.29, 1.82) is 0 Å². The number of amides is 1. The molecule has 1 heterocycles. The topological polar surface area (TPSA) is 90.1 Å². The van der Waals surface area contributed by atoms with E-state index >= 15 is 0 Å². The number of carbonyl (C=O) groups excluding carboxylic acids is 1. The van der Waals surface area contributed by atoms with Crippen molar-refractivity contribution in [2.24, 2.45) is 11.7 Å². The smallest absolute Gasteiger partial charge is 0.369 e. The summed E-state index contributed by atoms with van der Waals surface area (Å²) in [6.07, 6.45) is 3.47. The molecule has 27 heavy (non-hydrogen) atoms. The molecule has 0 saturated heterocycles. The van der Waals surface area contributed by atoms with E-state index in [9.17, 15) is 18.0 Å². The number of hydrogen-bond acceptors (Lipinski definition) is 5. The van der Waals surface area contributed by atoms with E-state index in [4.69, 9.17) is 10.5 Å². The van der Waals surface area contributed by atoms with E-state index in [-0.39, 0.29) is 12.1 Å². The second-order valence-corrected chi connectivity index (χ2v) is 7.46. The monoisotopic (exact) mass is 386 g/mol. The Morgan fingerprint density at radius 3 is 2.48 bits per heavy atom. The highest BCUT2D eigenvalue weighted by Gasteiger charge is 2.31. The molecule has 1 amide bonds. The molecule has 0 aliphatic heterocycles. The number of primary amides is 1. The van der Waals surface area contributed by atoms with Gasteiger partial charge in [-0.1, -0.05) is 19.3 Å². The van der Waals surface area contributed by atoms with Gasteiger partial charge in [0, 0.05) is 12.2 Å². The Morgan fingerprint density at radius 2 is 1.93 bits per heavy atom. The van der Waals surface area contributed by atoms with Crippen LogP contribution < -0.4 is 11.1 Å². The number of anilines is 1. The zero-order valence-electron chi connectivity index (χ0n) is 15.1. The number of rotatable bonds is 7. The largest absolute Gasteiger partial charge is 0.411 e. The molecule has 0 bridgehead atoms. The van der Waals surface area contributed by atoms with E-state index < -0.39 is 18.7 Å². The first-order chi connectivity index (χ1) is 12.8. The van der Waals surface area contributed by atoms with Crippen LogP contribution in [-0.4, -0.2) is 40.8 Å². The Balaban J connectivity index is 1.54. The van der Waals surface area contributed by atoms with E-state index in [2.05, 4.69) is 15.3 Å². The van der Waals surface area contributed by atoms with Crippen molar-refractivity contribution in [2.75, 3.05) is 11.9 Å². The Morgan fingerprint density at radius 1 is 1.22 bits per heavy atom. The standard InChI is InChI=1S/C18H25F3N4O2/c19-18(20,21)10-27-13-6-4-12(5-7-13)24-17-23-9-14(16(22)26)15(25-17)8-11-2-1-3-11/h9,11-13H,1-8,10H2,(H2,22,26)(H,23,24,25). The summed E-state index contributed by atoms with van der Waals surface area (Å²) < 4.78 is 41.6. The Bertz CT molecular complexity index is 656. The van der Waals surface area contributed by atoms with Crippen LogP contribution >= 0.6 is 0 Å². The maximum Gasteiger partial charge on any atom is 0.411 e. The van der Waals surface area contributed by atoms with E-state index in [1.54, 1.807) is 0 Å². The number of aromatic nitrogens is 2. The Labute approximate surface area is 156 Å². The lowest BCUT2D eigenvalue weighted by Crippen LogP contribution is -2.32. The number of hydrogen-bond donors (Lipinski definition) is 2. The van der Waals surface area contributed by atoms with Gasteiger partial charge in [0.1, 0.15) is 6.61 Å². The van der Waals surface area contributed by atoms with Crippen molar-refractivity contribution in [3.8, 4) is 0 Å². The summed E-state index contributed by atoms with van der Waals surface area (Å²) in [4.78, 5) is 20.3. The van der Waals surface area contributed by atoms with Gasteiger partial charge in [-0.2, -0.15) is 13.2 Å². The van der Waals surface area contributed by atoms with Crippen LogP contribution in [0.1, 0.15) is 61.0 Å². The van der Waals surface area contributed by atoms with Gasteiger partial charge < -0.3 is 15.8 Å². The van der Waals surface area contributed by atoms with Crippen LogP contribution in [0.5, 0.6) is 0 Å². The Kier molecular flexibility index (Phi) is 6.18. The molecule has 2 aliphatic carbocycles. The van der Waals surface area contributed by atoms with Crippen LogP contribution in [0.25, 0.3) is 0 Å². The highest BCUT2D eigenvalue weighted by atomic mass is 19.4. The zero-order valence-corrected chi connectivity index (χ0v) is 15.1. The molecule has 2 fully saturated rings. The van der Waals surface area contributed by atoms with Crippen LogP contribution in [0.2, 0.25) is 0 Å². The van der Waals surface area contributed by atoms with Crippen LogP contribution in [-0.2, 0) is 11.2 Å². The maximum atomic E-state index is 12.2. The van der Waals surface area contributed by atoms with Gasteiger partial charge in [0.2, 0.25) is 5.95 Å². The molecule has 6 nitrogen and oxygen atoms in total. The lowest BCUT2D eigenvalue weighted by molar-refractivity contribution is -0.187. The summed E-state index contributed by atoms with van der Waals surface area (Å²) in [6.45, 7) is -1.20. The lowest BCUT2D eigenvalue weighted by atomic mass is 9.81. The number of nitrogens with one attached hydrogen (secondary N) is 1. The molecule has 0 atom stereocenters. The van der Waals surface area contributed by atoms with Crippen molar-refractivity contribution < 1.29 is 22.7 Å². The summed E-state index contributed by atoms with van der Waals surface area (Å²) in [6, 6.07) is 0.0757. The molecule has 3 rings (SSSR count). The van der Waals surface area contributed by atoms with E-state index in [0.29, 0.717) is 55.2 Å². The Hall–Kier alpha value is -1.90. The fourth-order valence-corrected chi connectivity index (χ4v) is 3.59. The molecule has 9 heteroatoms. The number of nitrogens with zero attached hydrogens (tertiary/aromatic N) is 2. The van der Waals surface area contributed by atoms with Gasteiger partial charge in [-0.3, -0.25) is 4.79 Å². The quantitative estimate of drug-likeness (QED) is 0.751. The highest BCUT2D eigenvalue weighted by Crippen LogP contribution is 2.30. The first kappa shape index (κ1) is 19.9. The minimum absolute atomic E-state index is 0.0757. The fraction of sp³-hybridized carbons (Fsp3) is 0.722. The molecular formula is C18H25F3N4O2. The van der Waals surface area contributed by atoms with Crippen molar-refractivity contribution in [1.82, 2.24) is 9.97 Å². The number of carbonyl (C=O) groups is 1. The van der Waals surface area contributed by atoms with Crippen molar-refractivity contribution in [3.63, 3.8) is 0 Å². The third-order valence-corrected chi connectivity index (χ3v) is 5.33. The van der Waals surface area contributed by atoms with Gasteiger partial charge in [-0.15, -0.1) is 0 Å². The van der Waals surface area contributed by atoms with Gasteiger partial charge in [0.15, 0.2) is 0 Å². The maximum absolute atomic E-state index is 12.2. The highest BCUT2D eigenvalue weighted by molar-refractivity contribution is 5.93.